The van der Waals surface area contributed by atoms with Gasteiger partial charge in [-0.05, 0) is 37.7 Å². The van der Waals surface area contributed by atoms with Crippen LogP contribution >= 0.6 is 22.9 Å². The van der Waals surface area contributed by atoms with Crippen molar-refractivity contribution in [2.45, 2.75) is 26.2 Å². The summed E-state index contributed by atoms with van der Waals surface area (Å²) in [6.45, 7) is 2.08. The predicted octanol–water partition coefficient (Wildman–Crippen LogP) is 4.48. The van der Waals surface area contributed by atoms with Crippen molar-refractivity contribution in [2.75, 3.05) is 5.88 Å². The van der Waals surface area contributed by atoms with Crippen molar-refractivity contribution in [3.8, 4) is 0 Å². The minimum atomic E-state index is 0.551. The summed E-state index contributed by atoms with van der Waals surface area (Å²) in [5.74, 6) is 1.28. The molecule has 0 spiro atoms. The molecule has 96 valence electrons. The first-order chi connectivity index (χ1) is 8.79. The second-order valence-electron chi connectivity index (χ2n) is 4.61. The average molecular weight is 280 g/mol. The van der Waals surface area contributed by atoms with Gasteiger partial charge in [0, 0.05) is 10.8 Å². The molecule has 0 saturated heterocycles. The third-order valence-corrected chi connectivity index (χ3v) is 4.64. The Kier molecular flexibility index (Phi) is 5.21. The Labute approximate surface area is 118 Å². The van der Waals surface area contributed by atoms with Gasteiger partial charge in [-0.1, -0.05) is 30.3 Å². The molecule has 0 aliphatic rings. The van der Waals surface area contributed by atoms with Crippen LogP contribution in [0.5, 0.6) is 0 Å². The van der Waals surface area contributed by atoms with Crippen molar-refractivity contribution >= 4 is 22.9 Å². The third-order valence-electron chi connectivity index (χ3n) is 3.21. The zero-order chi connectivity index (χ0) is 12.8. The molecular weight excluding hydrogens is 262 g/mol. The average Bonchev–Trinajstić information content (AvgIpc) is 2.81. The number of hydrogen-bond donors (Lipinski definition) is 0. The van der Waals surface area contributed by atoms with Crippen LogP contribution in [0.25, 0.3) is 0 Å². The molecule has 18 heavy (non-hydrogen) atoms. The normalized spacial score (nSPS) is 12.6. The van der Waals surface area contributed by atoms with E-state index in [1.54, 1.807) is 11.3 Å². The fourth-order valence-electron chi connectivity index (χ4n) is 2.08. The van der Waals surface area contributed by atoms with Crippen molar-refractivity contribution in [3.05, 3.63) is 52.0 Å². The number of halogens is 1. The molecular formula is C15H18ClNS. The smallest absolute Gasteiger partial charge is 0.0797 e. The van der Waals surface area contributed by atoms with E-state index in [0.29, 0.717) is 5.92 Å². The number of thiazole rings is 1. The van der Waals surface area contributed by atoms with Crippen molar-refractivity contribution in [1.29, 1.82) is 0 Å². The highest BCUT2D eigenvalue weighted by molar-refractivity contribution is 7.09. The lowest BCUT2D eigenvalue weighted by atomic mass is 9.96. The molecule has 0 N–H and O–H groups in total. The summed E-state index contributed by atoms with van der Waals surface area (Å²) in [6.07, 6.45) is 3.31. The zero-order valence-electron chi connectivity index (χ0n) is 10.6. The molecule has 0 aliphatic heterocycles. The first-order valence-electron chi connectivity index (χ1n) is 6.28. The van der Waals surface area contributed by atoms with Gasteiger partial charge in [-0.25, -0.2) is 4.98 Å². The molecule has 1 atom stereocenters. The minimum Gasteiger partial charge on any atom is -0.250 e. The molecule has 2 rings (SSSR count). The molecule has 1 nitrogen and oxygen atoms in total. The lowest BCUT2D eigenvalue weighted by molar-refractivity contribution is 0.538. The largest absolute Gasteiger partial charge is 0.250 e. The van der Waals surface area contributed by atoms with Crippen LogP contribution in [0, 0.1) is 12.8 Å². The number of aromatic nitrogens is 1. The Bertz CT molecular complexity index is 466. The number of nitrogens with zero attached hydrogens (tertiary/aromatic N) is 1. The number of rotatable bonds is 6. The maximum absolute atomic E-state index is 6.09. The van der Waals surface area contributed by atoms with E-state index in [9.17, 15) is 0 Å². The van der Waals surface area contributed by atoms with E-state index in [1.807, 2.05) is 5.51 Å². The second kappa shape index (κ2) is 6.91. The summed E-state index contributed by atoms with van der Waals surface area (Å²) in [5, 5.41) is 0. The van der Waals surface area contributed by atoms with Gasteiger partial charge in [-0.15, -0.1) is 22.9 Å². The molecule has 0 radical (unpaired) electrons. The van der Waals surface area contributed by atoms with Crippen LogP contribution in [0.1, 0.15) is 22.6 Å². The third kappa shape index (κ3) is 3.82. The summed E-state index contributed by atoms with van der Waals surface area (Å²) < 4.78 is 0. The molecule has 0 fully saturated rings. The SMILES string of the molecule is Cc1ncsc1CCC(CCl)Cc1ccccc1. The van der Waals surface area contributed by atoms with Gasteiger partial charge < -0.3 is 0 Å². The maximum Gasteiger partial charge on any atom is 0.0797 e. The van der Waals surface area contributed by atoms with E-state index in [-0.39, 0.29) is 0 Å². The maximum atomic E-state index is 6.09. The molecule has 2 aromatic rings. The molecule has 0 bridgehead atoms. The van der Waals surface area contributed by atoms with Gasteiger partial charge in [-0.3, -0.25) is 0 Å². The fourth-order valence-corrected chi connectivity index (χ4v) is 3.14. The highest BCUT2D eigenvalue weighted by Gasteiger charge is 2.10. The standard InChI is InChI=1S/C15H18ClNS/c1-12-15(18-11-17-12)8-7-14(10-16)9-13-5-3-2-4-6-13/h2-6,11,14H,7-10H2,1H3. The Hall–Kier alpha value is -0.860. The quantitative estimate of drug-likeness (QED) is 0.711. The Morgan fingerprint density at radius 1 is 1.28 bits per heavy atom. The van der Waals surface area contributed by atoms with Gasteiger partial charge in [0.15, 0.2) is 0 Å². The monoisotopic (exact) mass is 279 g/mol. The lowest BCUT2D eigenvalue weighted by Gasteiger charge is -2.13. The van der Waals surface area contributed by atoms with Gasteiger partial charge in [0.05, 0.1) is 11.2 Å². The van der Waals surface area contributed by atoms with E-state index < -0.39 is 0 Å². The Balaban J connectivity index is 1.88. The van der Waals surface area contributed by atoms with Crippen molar-refractivity contribution in [2.24, 2.45) is 5.92 Å². The summed E-state index contributed by atoms with van der Waals surface area (Å²) in [6, 6.07) is 10.6. The molecule has 0 saturated carbocycles. The second-order valence-corrected chi connectivity index (χ2v) is 5.86. The lowest BCUT2D eigenvalue weighted by Crippen LogP contribution is -2.08. The van der Waals surface area contributed by atoms with Crippen molar-refractivity contribution in [1.82, 2.24) is 4.98 Å². The fraction of sp³-hybridized carbons (Fsp3) is 0.400. The van der Waals surface area contributed by atoms with Crippen LogP contribution in [0.3, 0.4) is 0 Å². The summed E-state index contributed by atoms with van der Waals surface area (Å²) in [5.41, 5.74) is 4.48. The van der Waals surface area contributed by atoms with E-state index in [2.05, 4.69) is 42.2 Å². The van der Waals surface area contributed by atoms with Crippen LogP contribution in [0.2, 0.25) is 0 Å². The summed E-state index contributed by atoms with van der Waals surface area (Å²) >= 11 is 7.84. The Morgan fingerprint density at radius 3 is 2.67 bits per heavy atom. The van der Waals surface area contributed by atoms with E-state index in [0.717, 1.165) is 25.1 Å². The van der Waals surface area contributed by atoms with Crippen LogP contribution in [-0.2, 0) is 12.8 Å². The first kappa shape index (κ1) is 13.6. The minimum absolute atomic E-state index is 0.551. The van der Waals surface area contributed by atoms with Crippen LogP contribution in [0.15, 0.2) is 35.8 Å². The van der Waals surface area contributed by atoms with Gasteiger partial charge in [0.2, 0.25) is 0 Å². The number of hydrogen-bond acceptors (Lipinski definition) is 2. The van der Waals surface area contributed by atoms with Crippen LogP contribution in [0.4, 0.5) is 0 Å². The van der Waals surface area contributed by atoms with Gasteiger partial charge in [0.25, 0.3) is 0 Å². The van der Waals surface area contributed by atoms with Gasteiger partial charge >= 0.3 is 0 Å². The van der Waals surface area contributed by atoms with Gasteiger partial charge in [-0.2, -0.15) is 0 Å². The highest BCUT2D eigenvalue weighted by Crippen LogP contribution is 2.20. The zero-order valence-corrected chi connectivity index (χ0v) is 12.2. The van der Waals surface area contributed by atoms with Crippen molar-refractivity contribution < 1.29 is 0 Å². The number of benzene rings is 1. The molecule has 1 unspecified atom stereocenters. The topological polar surface area (TPSA) is 12.9 Å². The highest BCUT2D eigenvalue weighted by atomic mass is 35.5. The van der Waals surface area contributed by atoms with E-state index in [1.165, 1.54) is 16.1 Å². The summed E-state index contributed by atoms with van der Waals surface area (Å²) in [7, 11) is 0. The molecule has 0 amide bonds. The Morgan fingerprint density at radius 2 is 2.06 bits per heavy atom. The van der Waals surface area contributed by atoms with Crippen LogP contribution in [-0.4, -0.2) is 10.9 Å². The molecule has 1 aromatic heterocycles. The van der Waals surface area contributed by atoms with E-state index >= 15 is 0 Å². The first-order valence-corrected chi connectivity index (χ1v) is 7.70. The predicted molar refractivity (Wildman–Crippen MR) is 79.5 cm³/mol. The van der Waals surface area contributed by atoms with E-state index in [4.69, 9.17) is 11.6 Å². The van der Waals surface area contributed by atoms with Crippen molar-refractivity contribution in [3.63, 3.8) is 0 Å². The summed E-state index contributed by atoms with van der Waals surface area (Å²) in [4.78, 5) is 5.69. The van der Waals surface area contributed by atoms with Gasteiger partial charge in [0.1, 0.15) is 0 Å². The molecule has 1 heterocycles. The molecule has 3 heteroatoms. The number of aryl methyl sites for hydroxylation is 2. The molecule has 1 aromatic carbocycles. The molecule has 0 aliphatic carbocycles. The van der Waals surface area contributed by atoms with Crippen LogP contribution < -0.4 is 0 Å². The number of alkyl halides is 1.